The van der Waals surface area contributed by atoms with Crippen molar-refractivity contribution in [2.45, 2.75) is 19.3 Å². The van der Waals surface area contributed by atoms with Crippen LogP contribution in [0.1, 0.15) is 19.7 Å². The monoisotopic (exact) mass is 357 g/mol. The fraction of sp³-hybridized carbons (Fsp3) is 0.167. The van der Waals surface area contributed by atoms with Crippen molar-refractivity contribution in [2.75, 3.05) is 0 Å². The lowest BCUT2D eigenvalue weighted by atomic mass is 9.93. The predicted octanol–water partition coefficient (Wildman–Crippen LogP) is 3.86. The van der Waals surface area contributed by atoms with Crippen molar-refractivity contribution < 1.29 is 15.0 Å². The molecule has 3 rings (SSSR count). The first-order chi connectivity index (χ1) is 11.8. The Hall–Kier alpha value is -2.86. The van der Waals surface area contributed by atoms with Gasteiger partial charge in [-0.05, 0) is 38.1 Å². The van der Waals surface area contributed by atoms with Crippen LogP contribution >= 0.6 is 11.6 Å². The van der Waals surface area contributed by atoms with Crippen molar-refractivity contribution in [3.05, 3.63) is 53.6 Å². The van der Waals surface area contributed by atoms with Crippen LogP contribution in [0.15, 0.2) is 42.7 Å². The molecule has 0 spiro atoms. The maximum absolute atomic E-state index is 11.6. The predicted molar refractivity (Wildman–Crippen MR) is 94.6 cm³/mol. The molecule has 0 amide bonds. The first-order valence-corrected chi connectivity index (χ1v) is 7.91. The van der Waals surface area contributed by atoms with Crippen LogP contribution in [0.5, 0.6) is 5.75 Å². The van der Waals surface area contributed by atoms with Gasteiger partial charge in [0.05, 0.1) is 16.4 Å². The number of nitrogens with zero attached hydrogens (tertiary/aromatic N) is 2. The Balaban J connectivity index is 2.24. The molecule has 0 fully saturated rings. The van der Waals surface area contributed by atoms with E-state index in [0.717, 1.165) is 5.56 Å². The molecule has 0 atom stereocenters. The maximum atomic E-state index is 11.6. The molecule has 25 heavy (non-hydrogen) atoms. The zero-order valence-electron chi connectivity index (χ0n) is 13.6. The number of halogens is 1. The maximum Gasteiger partial charge on any atom is 0.316 e. The summed E-state index contributed by atoms with van der Waals surface area (Å²) in [6, 6.07) is 8.38. The molecule has 6 nitrogen and oxygen atoms in total. The van der Waals surface area contributed by atoms with E-state index in [1.54, 1.807) is 50.5 Å². The zero-order valence-corrected chi connectivity index (χ0v) is 14.4. The normalized spacial score (nSPS) is 11.5. The van der Waals surface area contributed by atoms with Crippen LogP contribution in [0.4, 0.5) is 0 Å². The Morgan fingerprint density at radius 1 is 1.16 bits per heavy atom. The van der Waals surface area contributed by atoms with Gasteiger partial charge in [-0.25, -0.2) is 4.98 Å². The average molecular weight is 358 g/mol. The number of H-pyrrole nitrogens is 1. The molecule has 0 aliphatic carbocycles. The van der Waals surface area contributed by atoms with E-state index >= 15 is 0 Å². The van der Waals surface area contributed by atoms with Crippen molar-refractivity contribution in [1.82, 2.24) is 15.0 Å². The highest BCUT2D eigenvalue weighted by Crippen LogP contribution is 2.36. The number of hydrogen-bond acceptors (Lipinski definition) is 4. The fourth-order valence-corrected chi connectivity index (χ4v) is 2.48. The topological polar surface area (TPSA) is 99.1 Å². The number of rotatable bonds is 4. The highest BCUT2D eigenvalue weighted by Gasteiger charge is 2.34. The molecular weight excluding hydrogens is 342 g/mol. The molecule has 2 heterocycles. The highest BCUT2D eigenvalue weighted by atomic mass is 35.5. The number of nitrogens with one attached hydrogen (secondary N) is 1. The van der Waals surface area contributed by atoms with Gasteiger partial charge in [0.25, 0.3) is 0 Å². The third-order valence-electron chi connectivity index (χ3n) is 4.02. The second kappa shape index (κ2) is 6.22. The summed E-state index contributed by atoms with van der Waals surface area (Å²) >= 11 is 5.88. The second-order valence-corrected chi connectivity index (χ2v) is 6.55. The van der Waals surface area contributed by atoms with E-state index in [1.165, 1.54) is 6.07 Å². The van der Waals surface area contributed by atoms with Crippen LogP contribution in [-0.2, 0) is 10.2 Å². The minimum Gasteiger partial charge on any atom is -0.506 e. The minimum absolute atomic E-state index is 0.0677. The van der Waals surface area contributed by atoms with Crippen molar-refractivity contribution in [3.8, 4) is 28.3 Å². The molecule has 0 saturated heterocycles. The Bertz CT molecular complexity index is 936. The standard InChI is InChI=1S/C18H16ClN3O3/c1-18(2,17(24)25)16-21-14(10-5-7-20-8-6-10)15(22-16)11-3-4-12(19)13(23)9-11/h3-9,23H,1-2H3,(H,21,22)(H,24,25). The number of aromatic nitrogens is 3. The molecule has 0 unspecified atom stereocenters. The molecule has 1 aromatic carbocycles. The molecule has 3 aromatic rings. The average Bonchev–Trinajstić information content (AvgIpc) is 3.04. The van der Waals surface area contributed by atoms with Gasteiger partial charge in [0.15, 0.2) is 0 Å². The molecule has 0 aliphatic heterocycles. The highest BCUT2D eigenvalue weighted by molar-refractivity contribution is 6.32. The largest absolute Gasteiger partial charge is 0.506 e. The SMILES string of the molecule is CC(C)(C(=O)O)c1nc(-c2ccc(Cl)c(O)c2)c(-c2ccncc2)[nH]1. The first-order valence-electron chi connectivity index (χ1n) is 7.54. The zero-order chi connectivity index (χ0) is 18.2. The minimum atomic E-state index is -1.20. The Morgan fingerprint density at radius 3 is 2.44 bits per heavy atom. The van der Waals surface area contributed by atoms with Gasteiger partial charge in [-0.1, -0.05) is 17.7 Å². The molecule has 0 radical (unpaired) electrons. The van der Waals surface area contributed by atoms with Crippen molar-refractivity contribution in [3.63, 3.8) is 0 Å². The Labute approximate surface area is 149 Å². The number of imidazole rings is 1. The van der Waals surface area contributed by atoms with Gasteiger partial charge in [0.2, 0.25) is 0 Å². The lowest BCUT2D eigenvalue weighted by Crippen LogP contribution is -2.29. The van der Waals surface area contributed by atoms with Gasteiger partial charge in [-0.15, -0.1) is 0 Å². The number of aliphatic carboxylic acids is 1. The summed E-state index contributed by atoms with van der Waals surface area (Å²) in [4.78, 5) is 23.2. The number of aromatic amines is 1. The smallest absolute Gasteiger partial charge is 0.316 e. The fourth-order valence-electron chi connectivity index (χ4n) is 2.37. The van der Waals surface area contributed by atoms with Gasteiger partial charge >= 0.3 is 5.97 Å². The lowest BCUT2D eigenvalue weighted by Gasteiger charge is -2.15. The third-order valence-corrected chi connectivity index (χ3v) is 4.34. The summed E-state index contributed by atoms with van der Waals surface area (Å²) in [6.07, 6.45) is 3.28. The molecule has 2 aromatic heterocycles. The first kappa shape index (κ1) is 17.0. The van der Waals surface area contributed by atoms with E-state index in [2.05, 4.69) is 15.0 Å². The van der Waals surface area contributed by atoms with E-state index < -0.39 is 11.4 Å². The number of pyridine rings is 1. The summed E-state index contributed by atoms with van der Waals surface area (Å²) in [5.74, 6) is -0.744. The number of carbonyl (C=O) groups is 1. The van der Waals surface area contributed by atoms with Crippen LogP contribution in [0, 0.1) is 0 Å². The number of carboxylic acids is 1. The molecule has 128 valence electrons. The molecular formula is C18H16ClN3O3. The van der Waals surface area contributed by atoms with Crippen molar-refractivity contribution in [2.24, 2.45) is 0 Å². The Kier molecular flexibility index (Phi) is 4.22. The van der Waals surface area contributed by atoms with E-state index in [1.807, 2.05) is 0 Å². The summed E-state index contributed by atoms with van der Waals surface area (Å²) < 4.78 is 0. The molecule has 0 bridgehead atoms. The van der Waals surface area contributed by atoms with E-state index in [9.17, 15) is 15.0 Å². The summed E-state index contributed by atoms with van der Waals surface area (Å²) in [7, 11) is 0. The number of benzene rings is 1. The molecule has 0 saturated carbocycles. The second-order valence-electron chi connectivity index (χ2n) is 6.14. The molecule has 3 N–H and O–H groups in total. The van der Waals surface area contributed by atoms with Crippen LogP contribution in [0.3, 0.4) is 0 Å². The quantitative estimate of drug-likeness (QED) is 0.658. The van der Waals surface area contributed by atoms with Gasteiger partial charge in [-0.3, -0.25) is 9.78 Å². The van der Waals surface area contributed by atoms with Crippen LogP contribution in [0.2, 0.25) is 5.02 Å². The van der Waals surface area contributed by atoms with Crippen molar-refractivity contribution in [1.29, 1.82) is 0 Å². The van der Waals surface area contributed by atoms with E-state index in [-0.39, 0.29) is 10.8 Å². The van der Waals surface area contributed by atoms with Crippen molar-refractivity contribution >= 4 is 17.6 Å². The Morgan fingerprint density at radius 2 is 1.84 bits per heavy atom. The van der Waals surface area contributed by atoms with Crippen LogP contribution < -0.4 is 0 Å². The van der Waals surface area contributed by atoms with Gasteiger partial charge < -0.3 is 15.2 Å². The van der Waals surface area contributed by atoms with Gasteiger partial charge in [-0.2, -0.15) is 0 Å². The number of hydrogen-bond donors (Lipinski definition) is 3. The third kappa shape index (κ3) is 3.08. The van der Waals surface area contributed by atoms with Gasteiger partial charge in [0, 0.05) is 23.5 Å². The number of aromatic hydroxyl groups is 1. The van der Waals surface area contributed by atoms with Gasteiger partial charge in [0.1, 0.15) is 17.0 Å². The number of phenols is 1. The summed E-state index contributed by atoms with van der Waals surface area (Å²) in [5, 5.41) is 19.6. The molecule has 0 aliphatic rings. The molecule has 7 heteroatoms. The lowest BCUT2D eigenvalue weighted by molar-refractivity contribution is -0.142. The van der Waals surface area contributed by atoms with Crippen LogP contribution in [-0.4, -0.2) is 31.1 Å². The number of carboxylic acid groups (broad SMARTS) is 1. The number of phenolic OH excluding ortho intramolecular Hbond substituents is 1. The van der Waals surface area contributed by atoms with E-state index in [4.69, 9.17) is 11.6 Å². The van der Waals surface area contributed by atoms with Crippen LogP contribution in [0.25, 0.3) is 22.5 Å². The summed E-state index contributed by atoms with van der Waals surface area (Å²) in [5.41, 5.74) is 1.40. The summed E-state index contributed by atoms with van der Waals surface area (Å²) in [6.45, 7) is 3.15. The van der Waals surface area contributed by atoms with E-state index in [0.29, 0.717) is 22.8 Å².